The van der Waals surface area contributed by atoms with Crippen molar-refractivity contribution < 1.29 is 24.2 Å². The summed E-state index contributed by atoms with van der Waals surface area (Å²) in [6.07, 6.45) is 8.31. The Hall–Kier alpha value is -1.75. The van der Waals surface area contributed by atoms with Gasteiger partial charge in [-0.15, -0.1) is 0 Å². The molecule has 24 heavy (non-hydrogen) atoms. The van der Waals surface area contributed by atoms with Gasteiger partial charge in [0.25, 0.3) is 0 Å². The van der Waals surface area contributed by atoms with E-state index >= 15 is 0 Å². The Morgan fingerprint density at radius 2 is 1.92 bits per heavy atom. The Balaban J connectivity index is 2.59. The number of unbranched alkanes of at least 4 members (excludes halogenated alkanes) is 4. The number of Topliss-reactive ketones (excluding diaryl/α,β-unsaturated/α-hetero) is 1. The average Bonchev–Trinajstić information content (AvgIpc) is 2.83. The van der Waals surface area contributed by atoms with Crippen LogP contribution in [-0.2, 0) is 19.1 Å². The van der Waals surface area contributed by atoms with E-state index < -0.39 is 12.1 Å². The Labute approximate surface area is 143 Å². The third-order valence-electron chi connectivity index (χ3n) is 4.21. The molecule has 0 radical (unpaired) electrons. The lowest BCUT2D eigenvalue weighted by Crippen LogP contribution is -2.05. The molecule has 0 fully saturated rings. The molecule has 0 saturated heterocycles. The van der Waals surface area contributed by atoms with Crippen molar-refractivity contribution in [1.82, 2.24) is 0 Å². The van der Waals surface area contributed by atoms with Crippen LogP contribution in [0.15, 0.2) is 23.3 Å². The molecule has 1 N–H and O–H groups in total. The first-order valence-electron chi connectivity index (χ1n) is 8.71. The summed E-state index contributed by atoms with van der Waals surface area (Å²) in [6, 6.07) is 0. The maximum Gasteiger partial charge on any atom is 0.305 e. The molecule has 0 aromatic carbocycles. The number of aliphatic hydroxyl groups excluding tert-OH is 1. The van der Waals surface area contributed by atoms with Gasteiger partial charge in [0.15, 0.2) is 11.6 Å². The fourth-order valence-corrected chi connectivity index (χ4v) is 2.76. The molecule has 0 amide bonds. The van der Waals surface area contributed by atoms with Gasteiger partial charge in [-0.05, 0) is 24.5 Å². The van der Waals surface area contributed by atoms with E-state index in [9.17, 15) is 19.5 Å². The zero-order valence-corrected chi connectivity index (χ0v) is 14.7. The van der Waals surface area contributed by atoms with Crippen LogP contribution in [-0.4, -0.2) is 35.9 Å². The minimum absolute atomic E-state index is 0.00198. The van der Waals surface area contributed by atoms with Crippen molar-refractivity contribution in [3.05, 3.63) is 23.3 Å². The lowest BCUT2D eigenvalue weighted by Gasteiger charge is -2.05. The fourth-order valence-electron chi connectivity index (χ4n) is 2.76. The number of esters is 1. The lowest BCUT2D eigenvalue weighted by atomic mass is 10.0. The number of carbonyl (C=O) groups excluding carboxylic acids is 3. The number of carbonyl (C=O) groups is 3. The van der Waals surface area contributed by atoms with Crippen molar-refractivity contribution in [3.8, 4) is 0 Å². The monoisotopic (exact) mass is 336 g/mol. The summed E-state index contributed by atoms with van der Waals surface area (Å²) >= 11 is 0. The van der Waals surface area contributed by atoms with Crippen LogP contribution in [0.3, 0.4) is 0 Å². The predicted molar refractivity (Wildman–Crippen MR) is 91.4 cm³/mol. The number of hydrogen-bond acceptors (Lipinski definition) is 5. The third kappa shape index (κ3) is 6.79. The molecule has 1 aliphatic rings. The number of hydrogen-bond donors (Lipinski definition) is 1. The van der Waals surface area contributed by atoms with Crippen LogP contribution >= 0.6 is 0 Å². The van der Waals surface area contributed by atoms with Crippen molar-refractivity contribution in [2.45, 2.75) is 70.8 Å². The van der Waals surface area contributed by atoms with Crippen molar-refractivity contribution in [1.29, 1.82) is 0 Å². The van der Waals surface area contributed by atoms with Gasteiger partial charge in [0, 0.05) is 24.8 Å². The number of methoxy groups -OCH3 is 1. The van der Waals surface area contributed by atoms with Gasteiger partial charge >= 0.3 is 5.97 Å². The predicted octanol–water partition coefficient (Wildman–Crippen LogP) is 3.06. The molecule has 1 unspecified atom stereocenters. The van der Waals surface area contributed by atoms with Gasteiger partial charge in [-0.3, -0.25) is 14.4 Å². The molecule has 5 heteroatoms. The van der Waals surface area contributed by atoms with Crippen LogP contribution in [0.4, 0.5) is 0 Å². The largest absolute Gasteiger partial charge is 0.469 e. The van der Waals surface area contributed by atoms with Gasteiger partial charge < -0.3 is 9.84 Å². The van der Waals surface area contributed by atoms with Crippen molar-refractivity contribution in [2.24, 2.45) is 0 Å². The second-order valence-electron chi connectivity index (χ2n) is 6.12. The minimum Gasteiger partial charge on any atom is -0.469 e. The number of ketones is 2. The van der Waals surface area contributed by atoms with Gasteiger partial charge in [-0.1, -0.05) is 38.7 Å². The molecule has 0 spiro atoms. The third-order valence-corrected chi connectivity index (χ3v) is 4.21. The SMILES string of the molecule is CCCCCCCC(=O)C=CC1=C(CCC(=O)OC)C(=O)CC1O. The molecule has 1 rings (SSSR count). The molecule has 0 aromatic heterocycles. The number of ether oxygens (including phenoxy) is 1. The highest BCUT2D eigenvalue weighted by atomic mass is 16.5. The summed E-state index contributed by atoms with van der Waals surface area (Å²) < 4.78 is 4.57. The van der Waals surface area contributed by atoms with Crippen LogP contribution < -0.4 is 0 Å². The maximum atomic E-state index is 11.9. The molecule has 1 atom stereocenters. The Morgan fingerprint density at radius 1 is 1.21 bits per heavy atom. The van der Waals surface area contributed by atoms with Crippen molar-refractivity contribution in [3.63, 3.8) is 0 Å². The zero-order chi connectivity index (χ0) is 17.9. The van der Waals surface area contributed by atoms with E-state index in [1.54, 1.807) is 0 Å². The first-order valence-corrected chi connectivity index (χ1v) is 8.71. The van der Waals surface area contributed by atoms with Crippen LogP contribution in [0.1, 0.15) is 64.7 Å². The second-order valence-corrected chi connectivity index (χ2v) is 6.12. The molecule has 0 heterocycles. The maximum absolute atomic E-state index is 11.9. The van der Waals surface area contributed by atoms with Gasteiger partial charge in [0.2, 0.25) is 0 Å². The summed E-state index contributed by atoms with van der Waals surface area (Å²) in [6.45, 7) is 2.15. The average molecular weight is 336 g/mol. The summed E-state index contributed by atoms with van der Waals surface area (Å²) in [7, 11) is 1.29. The summed E-state index contributed by atoms with van der Waals surface area (Å²) in [5.74, 6) is -0.570. The van der Waals surface area contributed by atoms with Gasteiger partial charge in [0.1, 0.15) is 0 Å². The Morgan fingerprint density at radius 3 is 2.58 bits per heavy atom. The van der Waals surface area contributed by atoms with E-state index in [0.717, 1.165) is 19.3 Å². The van der Waals surface area contributed by atoms with Crippen molar-refractivity contribution >= 4 is 17.5 Å². The minimum atomic E-state index is -0.890. The van der Waals surface area contributed by atoms with Crippen LogP contribution in [0.25, 0.3) is 0 Å². The lowest BCUT2D eigenvalue weighted by molar-refractivity contribution is -0.140. The first-order chi connectivity index (χ1) is 11.5. The fraction of sp³-hybridized carbons (Fsp3) is 0.632. The highest BCUT2D eigenvalue weighted by Gasteiger charge is 2.29. The summed E-state index contributed by atoms with van der Waals surface area (Å²) in [5, 5.41) is 9.98. The molecular formula is C19H28O5. The Kier molecular flexibility index (Phi) is 9.23. The second kappa shape index (κ2) is 10.9. The van der Waals surface area contributed by atoms with E-state index in [2.05, 4.69) is 11.7 Å². The number of rotatable bonds is 11. The number of allylic oxidation sites excluding steroid dienone is 2. The molecule has 5 nitrogen and oxygen atoms in total. The Bertz CT molecular complexity index is 516. The van der Waals surface area contributed by atoms with Crippen LogP contribution in [0.2, 0.25) is 0 Å². The van der Waals surface area contributed by atoms with E-state index in [0.29, 0.717) is 17.6 Å². The summed E-state index contributed by atoms with van der Waals surface area (Å²) in [5.41, 5.74) is 0.892. The molecule has 0 aliphatic heterocycles. The molecular weight excluding hydrogens is 308 g/mol. The normalized spacial score (nSPS) is 17.8. The van der Waals surface area contributed by atoms with Gasteiger partial charge in [0.05, 0.1) is 13.2 Å². The van der Waals surface area contributed by atoms with Crippen LogP contribution in [0.5, 0.6) is 0 Å². The van der Waals surface area contributed by atoms with Gasteiger partial charge in [-0.25, -0.2) is 0 Å². The topological polar surface area (TPSA) is 80.7 Å². The standard InChI is InChI=1S/C19H28O5/c1-3-4-5-6-7-8-14(20)9-10-15-16(11-12-19(23)24-2)18(22)13-17(15)21/h9-10,17,21H,3-8,11-13H2,1-2H3. The molecule has 1 aliphatic carbocycles. The van der Waals surface area contributed by atoms with Gasteiger partial charge in [-0.2, -0.15) is 0 Å². The van der Waals surface area contributed by atoms with Crippen LogP contribution in [0, 0.1) is 0 Å². The molecule has 0 bridgehead atoms. The zero-order valence-electron chi connectivity index (χ0n) is 14.7. The van der Waals surface area contributed by atoms with Crippen molar-refractivity contribution in [2.75, 3.05) is 7.11 Å². The highest BCUT2D eigenvalue weighted by Crippen LogP contribution is 2.28. The molecule has 0 saturated carbocycles. The van der Waals surface area contributed by atoms with E-state index in [1.165, 1.54) is 32.1 Å². The van der Waals surface area contributed by atoms with E-state index in [-0.39, 0.29) is 30.8 Å². The first kappa shape index (κ1) is 20.3. The van der Waals surface area contributed by atoms with E-state index in [1.807, 2.05) is 0 Å². The van der Waals surface area contributed by atoms with E-state index in [4.69, 9.17) is 0 Å². The molecule has 134 valence electrons. The quantitative estimate of drug-likeness (QED) is 0.356. The summed E-state index contributed by atoms with van der Waals surface area (Å²) in [4.78, 5) is 35.0. The smallest absolute Gasteiger partial charge is 0.305 e. The molecule has 0 aromatic rings. The number of aliphatic hydroxyl groups is 1. The highest BCUT2D eigenvalue weighted by molar-refractivity contribution is 6.01.